The maximum atomic E-state index is 13.0. The Hall–Kier alpha value is -1.82. The number of alkyl halides is 3. The van der Waals surface area contributed by atoms with Crippen LogP contribution in [0, 0.1) is 0 Å². The predicted octanol–water partition coefficient (Wildman–Crippen LogP) is 3.59. The summed E-state index contributed by atoms with van der Waals surface area (Å²) < 4.78 is 44.2. The predicted molar refractivity (Wildman–Crippen MR) is 68.1 cm³/mol. The van der Waals surface area contributed by atoms with Crippen molar-refractivity contribution in [3.05, 3.63) is 53.7 Å². The molecule has 0 saturated carbocycles. The molecule has 0 aliphatic carbocycles. The van der Waals surface area contributed by atoms with E-state index in [1.807, 2.05) is 0 Å². The fourth-order valence-corrected chi connectivity index (χ4v) is 2.14. The van der Waals surface area contributed by atoms with E-state index >= 15 is 0 Å². The molecule has 2 rings (SSSR count). The van der Waals surface area contributed by atoms with Crippen LogP contribution in [0.2, 0.25) is 0 Å². The summed E-state index contributed by atoms with van der Waals surface area (Å²) in [6, 6.07) is 4.15. The molecule has 1 atom stereocenters. The van der Waals surface area contributed by atoms with Crippen molar-refractivity contribution in [1.82, 2.24) is 10.3 Å². The molecule has 1 N–H and O–H groups in total. The molecule has 1 unspecified atom stereocenters. The average Bonchev–Trinajstić information content (AvgIpc) is 2.92. The van der Waals surface area contributed by atoms with Gasteiger partial charge in [-0.3, -0.25) is 4.98 Å². The highest BCUT2D eigenvalue weighted by Gasteiger charge is 2.34. The Bertz CT molecular complexity index is 538. The molecule has 0 aliphatic rings. The van der Waals surface area contributed by atoms with Gasteiger partial charge in [-0.25, -0.2) is 0 Å². The second-order valence-corrected chi connectivity index (χ2v) is 4.42. The summed E-state index contributed by atoms with van der Waals surface area (Å²) in [5.74, 6) is 0.752. The van der Waals surface area contributed by atoms with Crippen LogP contribution in [0.4, 0.5) is 13.2 Å². The van der Waals surface area contributed by atoms with Gasteiger partial charge in [0.15, 0.2) is 0 Å². The molecule has 6 heteroatoms. The van der Waals surface area contributed by atoms with Crippen LogP contribution in [0.3, 0.4) is 0 Å². The van der Waals surface area contributed by atoms with E-state index in [0.717, 1.165) is 18.0 Å². The lowest BCUT2D eigenvalue weighted by Crippen LogP contribution is -2.21. The quantitative estimate of drug-likeness (QED) is 0.912. The zero-order chi connectivity index (χ0) is 14.6. The Morgan fingerprint density at radius 1 is 1.35 bits per heavy atom. The first-order valence-electron chi connectivity index (χ1n) is 6.23. The van der Waals surface area contributed by atoms with E-state index in [1.165, 1.54) is 6.20 Å². The maximum absolute atomic E-state index is 13.0. The second kappa shape index (κ2) is 6.09. The molecule has 0 radical (unpaired) electrons. The number of hydrogen-bond acceptors (Lipinski definition) is 3. The molecule has 0 bridgehead atoms. The fraction of sp³-hybridized carbons (Fsp3) is 0.357. The van der Waals surface area contributed by atoms with Gasteiger partial charge in [-0.05, 0) is 37.2 Å². The van der Waals surface area contributed by atoms with Gasteiger partial charge >= 0.3 is 6.18 Å². The number of halogens is 3. The molecule has 3 nitrogen and oxygen atoms in total. The van der Waals surface area contributed by atoms with Crippen molar-refractivity contribution in [2.24, 2.45) is 0 Å². The molecule has 2 heterocycles. The zero-order valence-electron chi connectivity index (χ0n) is 10.9. The number of nitrogens with one attached hydrogen (secondary N) is 1. The van der Waals surface area contributed by atoms with E-state index in [4.69, 9.17) is 4.42 Å². The van der Waals surface area contributed by atoms with Gasteiger partial charge in [-0.2, -0.15) is 13.2 Å². The van der Waals surface area contributed by atoms with Crippen molar-refractivity contribution in [2.45, 2.75) is 25.1 Å². The Morgan fingerprint density at radius 2 is 2.15 bits per heavy atom. The lowest BCUT2D eigenvalue weighted by molar-refractivity contribution is -0.138. The average molecular weight is 284 g/mol. The SMILES string of the molecule is CNC(CCc1ccco1)c1cnccc1C(F)(F)F. The third-order valence-electron chi connectivity index (χ3n) is 3.14. The molecule has 0 aliphatic heterocycles. The Morgan fingerprint density at radius 3 is 2.75 bits per heavy atom. The molecule has 0 spiro atoms. The molecule has 0 saturated heterocycles. The Labute approximate surface area is 114 Å². The highest BCUT2D eigenvalue weighted by atomic mass is 19.4. The van der Waals surface area contributed by atoms with Gasteiger partial charge in [-0.1, -0.05) is 0 Å². The Kier molecular flexibility index (Phi) is 4.44. The lowest BCUT2D eigenvalue weighted by Gasteiger charge is -2.20. The van der Waals surface area contributed by atoms with Gasteiger partial charge < -0.3 is 9.73 Å². The minimum atomic E-state index is -4.38. The van der Waals surface area contributed by atoms with Gasteiger partial charge in [0, 0.05) is 24.9 Å². The summed E-state index contributed by atoms with van der Waals surface area (Å²) in [6.45, 7) is 0. The number of pyridine rings is 1. The van der Waals surface area contributed by atoms with E-state index in [1.54, 1.807) is 25.4 Å². The molecule has 0 amide bonds. The number of rotatable bonds is 5. The molecular formula is C14H15F3N2O. The highest BCUT2D eigenvalue weighted by molar-refractivity contribution is 5.29. The largest absolute Gasteiger partial charge is 0.469 e. The van der Waals surface area contributed by atoms with Gasteiger partial charge in [0.1, 0.15) is 5.76 Å². The minimum Gasteiger partial charge on any atom is -0.469 e. The summed E-state index contributed by atoms with van der Waals surface area (Å²) >= 11 is 0. The molecule has 2 aromatic rings. The van der Waals surface area contributed by atoms with Crippen LogP contribution in [0.15, 0.2) is 41.3 Å². The smallest absolute Gasteiger partial charge is 0.416 e. The normalized spacial score (nSPS) is 13.4. The fourth-order valence-electron chi connectivity index (χ4n) is 2.14. The summed E-state index contributed by atoms with van der Waals surface area (Å²) in [5, 5.41) is 2.91. The number of hydrogen-bond donors (Lipinski definition) is 1. The van der Waals surface area contributed by atoms with E-state index in [0.29, 0.717) is 12.8 Å². The number of aromatic nitrogens is 1. The van der Waals surface area contributed by atoms with Crippen LogP contribution in [0.25, 0.3) is 0 Å². The van der Waals surface area contributed by atoms with Crippen molar-refractivity contribution in [1.29, 1.82) is 0 Å². The Balaban J connectivity index is 2.19. The minimum absolute atomic E-state index is 0.161. The summed E-state index contributed by atoms with van der Waals surface area (Å²) in [7, 11) is 1.64. The number of nitrogens with zero attached hydrogens (tertiary/aromatic N) is 1. The van der Waals surface area contributed by atoms with Crippen LogP contribution >= 0.6 is 0 Å². The van der Waals surface area contributed by atoms with E-state index in [2.05, 4.69) is 10.3 Å². The van der Waals surface area contributed by atoms with Gasteiger partial charge in [-0.15, -0.1) is 0 Å². The van der Waals surface area contributed by atoms with Gasteiger partial charge in [0.05, 0.1) is 11.8 Å². The molecule has 2 aromatic heterocycles. The molecular weight excluding hydrogens is 269 g/mol. The van der Waals surface area contributed by atoms with E-state index in [-0.39, 0.29) is 5.56 Å². The first-order valence-corrected chi connectivity index (χ1v) is 6.23. The third-order valence-corrected chi connectivity index (χ3v) is 3.14. The number of aryl methyl sites for hydroxylation is 1. The van der Waals surface area contributed by atoms with Gasteiger partial charge in [0.2, 0.25) is 0 Å². The van der Waals surface area contributed by atoms with E-state index < -0.39 is 17.8 Å². The van der Waals surface area contributed by atoms with Crippen molar-refractivity contribution < 1.29 is 17.6 Å². The van der Waals surface area contributed by atoms with Crippen molar-refractivity contribution in [3.8, 4) is 0 Å². The monoisotopic (exact) mass is 284 g/mol. The molecule has 108 valence electrons. The van der Waals surface area contributed by atoms with Crippen molar-refractivity contribution in [2.75, 3.05) is 7.05 Å². The van der Waals surface area contributed by atoms with Crippen LogP contribution in [0.1, 0.15) is 29.3 Å². The second-order valence-electron chi connectivity index (χ2n) is 4.42. The first-order chi connectivity index (χ1) is 9.52. The van der Waals surface area contributed by atoms with E-state index in [9.17, 15) is 13.2 Å². The molecule has 20 heavy (non-hydrogen) atoms. The van der Waals surface area contributed by atoms with Crippen LogP contribution in [-0.2, 0) is 12.6 Å². The lowest BCUT2D eigenvalue weighted by atomic mass is 9.98. The first kappa shape index (κ1) is 14.6. The molecule has 0 aromatic carbocycles. The van der Waals surface area contributed by atoms with Crippen LogP contribution in [-0.4, -0.2) is 12.0 Å². The topological polar surface area (TPSA) is 38.1 Å². The summed E-state index contributed by atoms with van der Waals surface area (Å²) in [5.41, 5.74) is -0.486. The zero-order valence-corrected chi connectivity index (χ0v) is 10.9. The maximum Gasteiger partial charge on any atom is 0.416 e. The van der Waals surface area contributed by atoms with Gasteiger partial charge in [0.25, 0.3) is 0 Å². The summed E-state index contributed by atoms with van der Waals surface area (Å²) in [4.78, 5) is 3.81. The highest BCUT2D eigenvalue weighted by Crippen LogP contribution is 2.35. The third kappa shape index (κ3) is 3.39. The molecule has 0 fully saturated rings. The van der Waals surface area contributed by atoms with Crippen molar-refractivity contribution in [3.63, 3.8) is 0 Å². The van der Waals surface area contributed by atoms with Crippen LogP contribution < -0.4 is 5.32 Å². The van der Waals surface area contributed by atoms with Crippen LogP contribution in [0.5, 0.6) is 0 Å². The standard InChI is InChI=1S/C14H15F3N2O/c1-18-13(5-4-10-3-2-8-20-10)11-9-19-7-6-12(11)14(15,16)17/h2-3,6-9,13,18H,4-5H2,1H3. The number of furan rings is 1. The van der Waals surface area contributed by atoms with Crippen molar-refractivity contribution >= 4 is 0 Å². The summed E-state index contributed by atoms with van der Waals surface area (Å²) in [6.07, 6.45) is 0.661.